The molecule has 21 heavy (non-hydrogen) atoms. The molecule has 1 amide bonds. The quantitative estimate of drug-likeness (QED) is 0.833. The van der Waals surface area contributed by atoms with E-state index >= 15 is 0 Å². The summed E-state index contributed by atoms with van der Waals surface area (Å²) in [6.45, 7) is 2.18. The van der Waals surface area contributed by atoms with Crippen molar-refractivity contribution in [2.24, 2.45) is 0 Å². The van der Waals surface area contributed by atoms with E-state index in [2.05, 4.69) is 25.1 Å². The second kappa shape index (κ2) is 5.60. The van der Waals surface area contributed by atoms with Crippen molar-refractivity contribution in [3.05, 3.63) is 65.7 Å². The van der Waals surface area contributed by atoms with Crippen LogP contribution >= 0.6 is 0 Å². The van der Waals surface area contributed by atoms with Crippen LogP contribution in [0.25, 0.3) is 0 Å². The molecule has 0 aromatic heterocycles. The fourth-order valence-electron chi connectivity index (χ4n) is 3.16. The maximum absolute atomic E-state index is 12.2. The van der Waals surface area contributed by atoms with Gasteiger partial charge in [-0.3, -0.25) is 4.90 Å². The van der Waals surface area contributed by atoms with Crippen LogP contribution in [0.5, 0.6) is 0 Å². The Labute approximate surface area is 125 Å². The maximum Gasteiger partial charge on any atom is 0.414 e. The maximum atomic E-state index is 12.2. The van der Waals surface area contributed by atoms with Crippen molar-refractivity contribution in [2.45, 2.75) is 25.3 Å². The van der Waals surface area contributed by atoms with Crippen molar-refractivity contribution in [3.8, 4) is 0 Å². The van der Waals surface area contributed by atoms with Crippen LogP contribution in [0.2, 0.25) is 0 Å². The molecule has 0 unspecified atom stereocenters. The van der Waals surface area contributed by atoms with Gasteiger partial charge in [0.2, 0.25) is 0 Å². The van der Waals surface area contributed by atoms with Crippen LogP contribution in [0.4, 0.5) is 10.5 Å². The van der Waals surface area contributed by atoms with Crippen LogP contribution in [-0.2, 0) is 11.2 Å². The van der Waals surface area contributed by atoms with Crippen LogP contribution < -0.4 is 4.90 Å². The molecule has 1 aliphatic heterocycles. The zero-order valence-electron chi connectivity index (χ0n) is 12.3. The van der Waals surface area contributed by atoms with Gasteiger partial charge >= 0.3 is 6.09 Å². The van der Waals surface area contributed by atoms with Crippen molar-refractivity contribution in [2.75, 3.05) is 12.0 Å². The average Bonchev–Trinajstić information content (AvgIpc) is 2.81. The minimum absolute atomic E-state index is 0.0947. The van der Waals surface area contributed by atoms with Crippen LogP contribution in [-0.4, -0.2) is 19.2 Å². The Morgan fingerprint density at radius 2 is 1.76 bits per heavy atom. The minimum atomic E-state index is -0.285. The number of benzene rings is 2. The lowest BCUT2D eigenvalue weighted by Crippen LogP contribution is -2.40. The number of carbonyl (C=O) groups excluding carboxylic acids is 1. The highest BCUT2D eigenvalue weighted by Gasteiger charge is 2.39. The molecule has 2 aromatic rings. The first kappa shape index (κ1) is 13.7. The van der Waals surface area contributed by atoms with Crippen molar-refractivity contribution < 1.29 is 9.53 Å². The van der Waals surface area contributed by atoms with Crippen molar-refractivity contribution >= 4 is 11.8 Å². The van der Waals surface area contributed by atoms with E-state index in [1.165, 1.54) is 18.2 Å². The summed E-state index contributed by atoms with van der Waals surface area (Å²) in [5, 5.41) is 0. The molecule has 0 saturated heterocycles. The van der Waals surface area contributed by atoms with E-state index in [1.807, 2.05) is 36.4 Å². The molecule has 3 rings (SSSR count). The molecular weight excluding hydrogens is 262 g/mol. The number of hydrogen-bond donors (Lipinski definition) is 0. The molecule has 3 heteroatoms. The summed E-state index contributed by atoms with van der Waals surface area (Å²) >= 11 is 0. The van der Waals surface area contributed by atoms with Crippen LogP contribution in [0.1, 0.15) is 24.0 Å². The first-order valence-corrected chi connectivity index (χ1v) is 7.22. The lowest BCUT2D eigenvalue weighted by atomic mass is 9.92. The third kappa shape index (κ3) is 2.40. The lowest BCUT2D eigenvalue weighted by molar-refractivity contribution is 0.176. The Bertz CT molecular complexity index is 639. The van der Waals surface area contributed by atoms with Crippen LogP contribution in [0, 0.1) is 0 Å². The Morgan fingerprint density at radius 3 is 2.48 bits per heavy atom. The van der Waals surface area contributed by atoms with Gasteiger partial charge in [-0.25, -0.2) is 4.79 Å². The summed E-state index contributed by atoms with van der Waals surface area (Å²) in [6.07, 6.45) is 0.541. The molecule has 3 nitrogen and oxygen atoms in total. The highest BCUT2D eigenvalue weighted by molar-refractivity contribution is 5.91. The van der Waals surface area contributed by atoms with E-state index in [4.69, 9.17) is 4.74 Å². The number of fused-ring (bicyclic) bond motifs is 1. The number of methoxy groups -OCH3 is 1. The highest BCUT2D eigenvalue weighted by atomic mass is 16.5. The van der Waals surface area contributed by atoms with E-state index in [1.54, 1.807) is 4.90 Å². The van der Waals surface area contributed by atoms with Gasteiger partial charge in [0.15, 0.2) is 0 Å². The number of rotatable bonds is 2. The lowest BCUT2D eigenvalue weighted by Gasteiger charge is -2.26. The number of hydrogen-bond acceptors (Lipinski definition) is 2. The summed E-state index contributed by atoms with van der Waals surface area (Å²) in [4.78, 5) is 14.0. The second-order valence-corrected chi connectivity index (χ2v) is 5.44. The molecule has 0 N–H and O–H groups in total. The average molecular weight is 281 g/mol. The van der Waals surface area contributed by atoms with E-state index in [0.29, 0.717) is 5.92 Å². The fraction of sp³-hybridized carbons (Fsp3) is 0.278. The topological polar surface area (TPSA) is 29.5 Å². The number of para-hydroxylation sites is 1. The van der Waals surface area contributed by atoms with E-state index < -0.39 is 0 Å². The molecule has 108 valence electrons. The highest BCUT2D eigenvalue weighted by Crippen LogP contribution is 2.42. The second-order valence-electron chi connectivity index (χ2n) is 5.44. The Hall–Kier alpha value is -2.29. The van der Waals surface area contributed by atoms with Crippen LogP contribution in [0.15, 0.2) is 54.6 Å². The molecule has 0 saturated carbocycles. The van der Waals surface area contributed by atoms with Crippen molar-refractivity contribution in [1.29, 1.82) is 0 Å². The third-order valence-electron chi connectivity index (χ3n) is 4.25. The number of ether oxygens (including phenoxy) is 1. The molecule has 0 spiro atoms. The summed E-state index contributed by atoms with van der Waals surface area (Å²) in [7, 11) is 1.44. The van der Waals surface area contributed by atoms with Gasteiger partial charge in [0.05, 0.1) is 18.8 Å². The van der Waals surface area contributed by atoms with Gasteiger partial charge in [0, 0.05) is 5.92 Å². The molecule has 2 aromatic carbocycles. The van der Waals surface area contributed by atoms with Crippen molar-refractivity contribution in [1.82, 2.24) is 0 Å². The SMILES string of the molecule is COC(=O)N1c2ccccc2[C@H](C)[C@H]1Cc1ccccc1. The Balaban J connectivity index is 1.97. The smallest absolute Gasteiger partial charge is 0.414 e. The summed E-state index contributed by atoms with van der Waals surface area (Å²) in [6, 6.07) is 18.5. The van der Waals surface area contributed by atoms with Gasteiger partial charge in [-0.05, 0) is 23.6 Å². The molecular formula is C18H19NO2. The molecule has 0 bridgehead atoms. The number of carbonyl (C=O) groups is 1. The summed E-state index contributed by atoms with van der Waals surface area (Å²) < 4.78 is 4.99. The van der Waals surface area contributed by atoms with E-state index in [9.17, 15) is 4.79 Å². The number of anilines is 1. The zero-order valence-corrected chi connectivity index (χ0v) is 12.3. The minimum Gasteiger partial charge on any atom is -0.452 e. The van der Waals surface area contributed by atoms with Gasteiger partial charge in [0.25, 0.3) is 0 Å². The van der Waals surface area contributed by atoms with Crippen LogP contribution in [0.3, 0.4) is 0 Å². The zero-order chi connectivity index (χ0) is 14.8. The summed E-state index contributed by atoms with van der Waals surface area (Å²) in [5.74, 6) is 0.292. The molecule has 0 fully saturated rings. The monoisotopic (exact) mass is 281 g/mol. The van der Waals surface area contributed by atoms with Gasteiger partial charge in [-0.1, -0.05) is 55.5 Å². The van der Waals surface area contributed by atoms with E-state index in [-0.39, 0.29) is 12.1 Å². The Kier molecular flexibility index (Phi) is 3.65. The normalized spacial score (nSPS) is 20.2. The molecule has 0 aliphatic carbocycles. The predicted octanol–water partition coefficient (Wildman–Crippen LogP) is 3.99. The standard InChI is InChI=1S/C18H19NO2/c1-13-15-10-6-7-11-16(15)19(18(20)21-2)17(13)12-14-8-4-3-5-9-14/h3-11,13,17H,12H2,1-2H3/t13-,17+/m0/s1. The van der Waals surface area contributed by atoms with E-state index in [0.717, 1.165) is 12.1 Å². The first-order chi connectivity index (χ1) is 10.2. The molecule has 1 aliphatic rings. The Morgan fingerprint density at radius 1 is 1.10 bits per heavy atom. The molecule has 2 atom stereocenters. The van der Waals surface area contributed by atoms with Crippen molar-refractivity contribution in [3.63, 3.8) is 0 Å². The number of nitrogens with zero attached hydrogens (tertiary/aromatic N) is 1. The van der Waals surface area contributed by atoms with Gasteiger partial charge in [-0.2, -0.15) is 0 Å². The predicted molar refractivity (Wildman–Crippen MR) is 83.7 cm³/mol. The van der Waals surface area contributed by atoms with Gasteiger partial charge < -0.3 is 4.74 Å². The fourth-order valence-corrected chi connectivity index (χ4v) is 3.16. The number of amides is 1. The van der Waals surface area contributed by atoms with Gasteiger partial charge in [0.1, 0.15) is 0 Å². The van der Waals surface area contributed by atoms with Gasteiger partial charge in [-0.15, -0.1) is 0 Å². The molecule has 0 radical (unpaired) electrons. The third-order valence-corrected chi connectivity index (χ3v) is 4.25. The summed E-state index contributed by atoms with van der Waals surface area (Å²) in [5.41, 5.74) is 3.41. The first-order valence-electron chi connectivity index (χ1n) is 7.22. The largest absolute Gasteiger partial charge is 0.452 e. The molecule has 1 heterocycles.